The topological polar surface area (TPSA) is 54.0 Å². The van der Waals surface area contributed by atoms with E-state index in [9.17, 15) is 4.79 Å². The number of anilines is 1. The monoisotopic (exact) mass is 283 g/mol. The van der Waals surface area contributed by atoms with Crippen LogP contribution in [-0.2, 0) is 0 Å². The van der Waals surface area contributed by atoms with Crippen LogP contribution >= 0.6 is 0 Å². The molecule has 0 saturated carbocycles. The van der Waals surface area contributed by atoms with Gasteiger partial charge in [0.15, 0.2) is 0 Å². The van der Waals surface area contributed by atoms with Gasteiger partial charge in [0.25, 0.3) is 5.91 Å². The Balaban J connectivity index is 2.13. The highest BCUT2D eigenvalue weighted by Gasteiger charge is 2.09. The molecule has 0 fully saturated rings. The van der Waals surface area contributed by atoms with Gasteiger partial charge in [-0.2, -0.15) is 0 Å². The highest BCUT2D eigenvalue weighted by atomic mass is 16.1. The smallest absolute Gasteiger partial charge is 0.251 e. The van der Waals surface area contributed by atoms with Crippen molar-refractivity contribution in [2.45, 2.75) is 26.8 Å². The molecule has 0 aliphatic heterocycles. The van der Waals surface area contributed by atoms with Crippen LogP contribution in [0.2, 0.25) is 0 Å². The molecular weight excluding hydrogens is 262 g/mol. The first-order valence-electron chi connectivity index (χ1n) is 7.17. The summed E-state index contributed by atoms with van der Waals surface area (Å²) in [5.41, 5.74) is 3.96. The molecule has 1 unspecified atom stereocenters. The van der Waals surface area contributed by atoms with Crippen LogP contribution < -0.4 is 10.6 Å². The van der Waals surface area contributed by atoms with Crippen LogP contribution in [0.5, 0.6) is 0 Å². The molecule has 110 valence electrons. The Hall–Kier alpha value is -2.36. The first-order valence-corrected chi connectivity index (χ1v) is 7.17. The number of rotatable bonds is 5. The molecule has 0 bridgehead atoms. The summed E-state index contributed by atoms with van der Waals surface area (Å²) in [5.74, 6) is -0.0330. The fraction of sp³-hybridized carbons (Fsp3) is 0.294. The van der Waals surface area contributed by atoms with Crippen LogP contribution in [0.1, 0.15) is 41.4 Å². The van der Waals surface area contributed by atoms with E-state index in [-0.39, 0.29) is 11.9 Å². The van der Waals surface area contributed by atoms with Crippen LogP contribution in [-0.4, -0.2) is 17.4 Å². The van der Waals surface area contributed by atoms with Gasteiger partial charge in [0, 0.05) is 36.2 Å². The van der Waals surface area contributed by atoms with Crippen LogP contribution in [0, 0.1) is 6.92 Å². The summed E-state index contributed by atoms with van der Waals surface area (Å²) in [6, 6.07) is 9.89. The van der Waals surface area contributed by atoms with Gasteiger partial charge in [0.05, 0.1) is 0 Å². The normalized spacial score (nSPS) is 11.8. The molecule has 0 aliphatic carbocycles. The Morgan fingerprint density at radius 2 is 1.95 bits per heavy atom. The lowest BCUT2D eigenvalue weighted by molar-refractivity contribution is 0.0956. The number of carbonyl (C=O) groups excluding carboxylic acids is 1. The molecule has 4 heteroatoms. The third kappa shape index (κ3) is 3.81. The number of hydrogen-bond acceptors (Lipinski definition) is 3. The highest BCUT2D eigenvalue weighted by Crippen LogP contribution is 2.22. The van der Waals surface area contributed by atoms with Gasteiger partial charge >= 0.3 is 0 Å². The molecule has 2 rings (SSSR count). The van der Waals surface area contributed by atoms with Gasteiger partial charge in [0.2, 0.25) is 0 Å². The molecule has 4 nitrogen and oxygen atoms in total. The lowest BCUT2D eigenvalue weighted by Gasteiger charge is -2.18. The minimum atomic E-state index is -0.0330. The molecule has 2 N–H and O–H groups in total. The molecule has 0 aliphatic rings. The first-order chi connectivity index (χ1) is 10.1. The largest absolute Gasteiger partial charge is 0.378 e. The second-order valence-electron chi connectivity index (χ2n) is 5.04. The Morgan fingerprint density at radius 1 is 1.24 bits per heavy atom. The maximum absolute atomic E-state index is 11.8. The fourth-order valence-electron chi connectivity index (χ4n) is 2.20. The number of carbonyl (C=O) groups is 1. The number of nitrogens with one attached hydrogen (secondary N) is 2. The van der Waals surface area contributed by atoms with Crippen molar-refractivity contribution in [3.05, 3.63) is 59.4 Å². The van der Waals surface area contributed by atoms with E-state index in [1.807, 2.05) is 44.2 Å². The second-order valence-corrected chi connectivity index (χ2v) is 5.04. The van der Waals surface area contributed by atoms with E-state index in [1.54, 1.807) is 12.4 Å². The third-order valence-corrected chi connectivity index (χ3v) is 3.40. The van der Waals surface area contributed by atoms with Crippen LogP contribution in [0.15, 0.2) is 42.7 Å². The predicted octanol–water partition coefficient (Wildman–Crippen LogP) is 3.31. The van der Waals surface area contributed by atoms with Gasteiger partial charge in [-0.15, -0.1) is 0 Å². The first kappa shape index (κ1) is 15.0. The number of benzene rings is 1. The molecular formula is C17H21N3O. The summed E-state index contributed by atoms with van der Waals surface area (Å²) in [6.07, 6.45) is 3.58. The van der Waals surface area contributed by atoms with E-state index >= 15 is 0 Å². The fourth-order valence-corrected chi connectivity index (χ4v) is 2.20. The van der Waals surface area contributed by atoms with Crippen molar-refractivity contribution in [2.75, 3.05) is 11.9 Å². The summed E-state index contributed by atoms with van der Waals surface area (Å²) >= 11 is 0. The molecule has 0 saturated heterocycles. The van der Waals surface area contributed by atoms with Gasteiger partial charge < -0.3 is 10.6 Å². The zero-order valence-electron chi connectivity index (χ0n) is 12.7. The number of aryl methyl sites for hydroxylation is 1. The van der Waals surface area contributed by atoms with E-state index in [2.05, 4.69) is 22.5 Å². The number of pyridine rings is 1. The quantitative estimate of drug-likeness (QED) is 0.885. The number of nitrogens with zero attached hydrogens (tertiary/aromatic N) is 1. The predicted molar refractivity (Wildman–Crippen MR) is 85.5 cm³/mol. The lowest BCUT2D eigenvalue weighted by atomic mass is 10.1. The van der Waals surface area contributed by atoms with Gasteiger partial charge in [-0.05, 0) is 62.2 Å². The molecule has 21 heavy (non-hydrogen) atoms. The molecule has 1 heterocycles. The Bertz CT molecular complexity index is 611. The summed E-state index contributed by atoms with van der Waals surface area (Å²) in [4.78, 5) is 15.8. The van der Waals surface area contributed by atoms with Gasteiger partial charge in [-0.3, -0.25) is 9.78 Å². The minimum absolute atomic E-state index is 0.0330. The average Bonchev–Trinajstić information content (AvgIpc) is 2.50. The third-order valence-electron chi connectivity index (χ3n) is 3.40. The van der Waals surface area contributed by atoms with Crippen LogP contribution in [0.3, 0.4) is 0 Å². The number of hydrogen-bond donors (Lipinski definition) is 2. The van der Waals surface area contributed by atoms with Crippen LogP contribution in [0.25, 0.3) is 0 Å². The van der Waals surface area contributed by atoms with E-state index < -0.39 is 0 Å². The Labute approximate surface area is 125 Å². The highest BCUT2D eigenvalue weighted by molar-refractivity contribution is 5.94. The molecule has 2 aromatic rings. The Morgan fingerprint density at radius 3 is 2.57 bits per heavy atom. The summed E-state index contributed by atoms with van der Waals surface area (Å²) in [6.45, 7) is 6.66. The maximum atomic E-state index is 11.8. The second kappa shape index (κ2) is 6.88. The molecule has 0 radical (unpaired) electrons. The van der Waals surface area contributed by atoms with Crippen molar-refractivity contribution in [3.8, 4) is 0 Å². The summed E-state index contributed by atoms with van der Waals surface area (Å²) in [5, 5.41) is 6.27. The van der Waals surface area contributed by atoms with Gasteiger partial charge in [0.1, 0.15) is 0 Å². The minimum Gasteiger partial charge on any atom is -0.378 e. The molecule has 1 amide bonds. The van der Waals surface area contributed by atoms with Gasteiger partial charge in [-0.25, -0.2) is 0 Å². The van der Waals surface area contributed by atoms with Crippen molar-refractivity contribution in [2.24, 2.45) is 0 Å². The number of aromatic nitrogens is 1. The lowest BCUT2D eigenvalue weighted by Crippen LogP contribution is -2.22. The van der Waals surface area contributed by atoms with Crippen molar-refractivity contribution >= 4 is 11.6 Å². The maximum Gasteiger partial charge on any atom is 0.251 e. The zero-order valence-corrected chi connectivity index (χ0v) is 12.7. The number of amides is 1. The van der Waals surface area contributed by atoms with Crippen molar-refractivity contribution in [1.82, 2.24) is 10.3 Å². The van der Waals surface area contributed by atoms with E-state index in [1.165, 1.54) is 5.56 Å². The molecule has 1 atom stereocenters. The van der Waals surface area contributed by atoms with Crippen molar-refractivity contribution < 1.29 is 4.79 Å². The molecule has 1 aromatic carbocycles. The average molecular weight is 283 g/mol. The standard InChI is InChI=1S/C17H21N3O/c1-4-19-17(21)15-5-6-16(12(2)11-15)20-13(3)14-7-9-18-10-8-14/h5-11,13,20H,4H2,1-3H3,(H,19,21). The SMILES string of the molecule is CCNC(=O)c1ccc(NC(C)c2ccncc2)c(C)c1. The van der Waals surface area contributed by atoms with E-state index in [4.69, 9.17) is 0 Å². The van der Waals surface area contributed by atoms with Gasteiger partial charge in [-0.1, -0.05) is 0 Å². The summed E-state index contributed by atoms with van der Waals surface area (Å²) < 4.78 is 0. The molecule has 1 aromatic heterocycles. The zero-order chi connectivity index (χ0) is 15.2. The Kier molecular flexibility index (Phi) is 4.93. The van der Waals surface area contributed by atoms with Crippen molar-refractivity contribution in [1.29, 1.82) is 0 Å². The summed E-state index contributed by atoms with van der Waals surface area (Å²) in [7, 11) is 0. The molecule has 0 spiro atoms. The van der Waals surface area contributed by atoms with Crippen molar-refractivity contribution in [3.63, 3.8) is 0 Å². The van der Waals surface area contributed by atoms with E-state index in [0.717, 1.165) is 11.3 Å². The van der Waals surface area contributed by atoms with E-state index in [0.29, 0.717) is 12.1 Å². The van der Waals surface area contributed by atoms with Crippen LogP contribution in [0.4, 0.5) is 5.69 Å².